The van der Waals surface area contributed by atoms with E-state index < -0.39 is 17.7 Å². The van der Waals surface area contributed by atoms with Crippen molar-refractivity contribution in [2.45, 2.75) is 70.1 Å². The molecule has 2 saturated heterocycles. The highest BCUT2D eigenvalue weighted by atomic mass is 16.5. The molecule has 8 nitrogen and oxygen atoms in total. The number of nitrogens with zero attached hydrogens (tertiary/aromatic N) is 3. The number of rotatable bonds is 6. The summed E-state index contributed by atoms with van der Waals surface area (Å²) in [7, 11) is 0. The normalized spacial score (nSPS) is 27.9. The summed E-state index contributed by atoms with van der Waals surface area (Å²) >= 11 is 0. The number of nitrogens with one attached hydrogen (secondary N) is 1. The van der Waals surface area contributed by atoms with Crippen LogP contribution in [0.1, 0.15) is 63.3 Å². The first-order valence-corrected chi connectivity index (χ1v) is 14.1. The van der Waals surface area contributed by atoms with Crippen LogP contribution in [0.3, 0.4) is 0 Å². The number of carbonyl (C=O) groups is 2. The summed E-state index contributed by atoms with van der Waals surface area (Å²) in [6.07, 6.45) is 10.9. The van der Waals surface area contributed by atoms with Gasteiger partial charge in [-0.25, -0.2) is 4.79 Å². The number of hydrogen-bond acceptors (Lipinski definition) is 5. The van der Waals surface area contributed by atoms with Gasteiger partial charge >= 0.3 is 6.03 Å². The first kappa shape index (κ1) is 25.2. The Morgan fingerprint density at radius 2 is 1.92 bits per heavy atom. The van der Waals surface area contributed by atoms with Gasteiger partial charge in [-0.3, -0.25) is 14.6 Å². The van der Waals surface area contributed by atoms with Crippen molar-refractivity contribution >= 4 is 22.8 Å². The van der Waals surface area contributed by atoms with E-state index in [-0.39, 0.29) is 11.9 Å². The van der Waals surface area contributed by atoms with Crippen molar-refractivity contribution in [2.24, 2.45) is 0 Å². The van der Waals surface area contributed by atoms with Gasteiger partial charge in [0.05, 0.1) is 12.7 Å². The summed E-state index contributed by atoms with van der Waals surface area (Å²) < 4.78 is 5.78. The number of hydrogen-bond donors (Lipinski definition) is 2. The molecule has 38 heavy (non-hydrogen) atoms. The standard InChI is InChI=1S/C30H38N4O4/c1-3-38-22-11-12-25-23(18-22)24-19-30(2)28(36)33(16-15-32-13-6-4-5-7-14-32)29(37)34(30)27(26(24)31-25)20-9-8-10-21(35)17-20/h8-9,11-12,17-18,21,27,31,35H,3-7,10,13-16,19H2,1-2H3/t21?,27-,30+/m1/s1. The largest absolute Gasteiger partial charge is 0.494 e. The highest BCUT2D eigenvalue weighted by Gasteiger charge is 2.60. The van der Waals surface area contributed by atoms with Crippen LogP contribution in [0.2, 0.25) is 0 Å². The molecule has 3 aliphatic heterocycles. The Labute approximate surface area is 223 Å². The molecule has 2 fully saturated rings. The third-order valence-electron chi connectivity index (χ3n) is 8.68. The van der Waals surface area contributed by atoms with Crippen LogP contribution in [0, 0.1) is 0 Å². The summed E-state index contributed by atoms with van der Waals surface area (Å²) in [6.45, 7) is 7.59. The third kappa shape index (κ3) is 4.14. The van der Waals surface area contributed by atoms with E-state index in [0.29, 0.717) is 32.5 Å². The Hall–Kier alpha value is -3.10. The summed E-state index contributed by atoms with van der Waals surface area (Å²) in [4.78, 5) is 37.3. The predicted octanol–water partition coefficient (Wildman–Crippen LogP) is 4.31. The van der Waals surface area contributed by atoms with Crippen LogP contribution in [0.25, 0.3) is 10.9 Å². The zero-order valence-electron chi connectivity index (χ0n) is 22.4. The van der Waals surface area contributed by atoms with Gasteiger partial charge in [-0.15, -0.1) is 0 Å². The highest BCUT2D eigenvalue weighted by Crippen LogP contribution is 2.49. The van der Waals surface area contributed by atoms with Crippen LogP contribution in [0.15, 0.2) is 42.0 Å². The van der Waals surface area contributed by atoms with Gasteiger partial charge in [0.25, 0.3) is 5.91 Å². The lowest BCUT2D eigenvalue weighted by molar-refractivity contribution is -0.133. The minimum atomic E-state index is -1.01. The number of aliphatic hydroxyl groups excluding tert-OH is 1. The van der Waals surface area contributed by atoms with Crippen molar-refractivity contribution in [3.8, 4) is 5.75 Å². The van der Waals surface area contributed by atoms with Crippen molar-refractivity contribution in [3.05, 3.63) is 53.3 Å². The molecular formula is C30H38N4O4. The minimum absolute atomic E-state index is 0.135. The quantitative estimate of drug-likeness (QED) is 0.557. The van der Waals surface area contributed by atoms with Gasteiger partial charge in [-0.2, -0.15) is 0 Å². The van der Waals surface area contributed by atoms with E-state index in [2.05, 4.69) is 9.88 Å². The summed E-state index contributed by atoms with van der Waals surface area (Å²) in [5, 5.41) is 11.5. The van der Waals surface area contributed by atoms with Crippen molar-refractivity contribution in [2.75, 3.05) is 32.8 Å². The van der Waals surface area contributed by atoms with Gasteiger partial charge in [0.1, 0.15) is 17.3 Å². The van der Waals surface area contributed by atoms with E-state index in [1.165, 1.54) is 30.6 Å². The summed E-state index contributed by atoms with van der Waals surface area (Å²) in [6, 6.07) is 5.24. The van der Waals surface area contributed by atoms with Crippen LogP contribution < -0.4 is 4.74 Å². The van der Waals surface area contributed by atoms with E-state index in [1.54, 1.807) is 4.90 Å². The predicted molar refractivity (Wildman–Crippen MR) is 146 cm³/mol. The lowest BCUT2D eigenvalue weighted by atomic mass is 9.80. The lowest BCUT2D eigenvalue weighted by Gasteiger charge is -2.43. The van der Waals surface area contributed by atoms with Crippen LogP contribution in [-0.2, 0) is 11.2 Å². The lowest BCUT2D eigenvalue weighted by Crippen LogP contribution is -2.53. The van der Waals surface area contributed by atoms with Crippen molar-refractivity contribution < 1.29 is 19.4 Å². The van der Waals surface area contributed by atoms with Crippen molar-refractivity contribution in [3.63, 3.8) is 0 Å². The molecule has 1 unspecified atom stereocenters. The highest BCUT2D eigenvalue weighted by molar-refractivity contribution is 6.08. The monoisotopic (exact) mass is 518 g/mol. The molecule has 1 aromatic heterocycles. The Kier molecular flexibility index (Phi) is 6.56. The maximum absolute atomic E-state index is 14.1. The Morgan fingerprint density at radius 1 is 1.13 bits per heavy atom. The fourth-order valence-electron chi connectivity index (χ4n) is 6.76. The molecule has 1 aliphatic carbocycles. The zero-order chi connectivity index (χ0) is 26.4. The number of aromatic nitrogens is 1. The topological polar surface area (TPSA) is 89.1 Å². The number of H-pyrrole nitrogens is 1. The van der Waals surface area contributed by atoms with Gasteiger partial charge < -0.3 is 19.7 Å². The van der Waals surface area contributed by atoms with E-state index >= 15 is 0 Å². The number of imide groups is 1. The van der Waals surface area contributed by atoms with Crippen LogP contribution in [-0.4, -0.2) is 81.2 Å². The first-order chi connectivity index (χ1) is 18.4. The SMILES string of the molecule is CCOc1ccc2[nH]c3c(c2c1)C[C@@]1(C)C(=O)N(CCN2CCCCCC2)C(=O)N1[C@@H]3C1=CC(O)CC=C1. The molecule has 0 bridgehead atoms. The van der Waals surface area contributed by atoms with Gasteiger partial charge in [-0.05, 0) is 75.5 Å². The molecule has 1 aromatic carbocycles. The molecule has 0 radical (unpaired) electrons. The number of fused-ring (bicyclic) bond motifs is 4. The first-order valence-electron chi connectivity index (χ1n) is 14.1. The van der Waals surface area contributed by atoms with Crippen molar-refractivity contribution in [1.29, 1.82) is 0 Å². The maximum Gasteiger partial charge on any atom is 0.328 e. The molecule has 0 spiro atoms. The van der Waals surface area contributed by atoms with Crippen LogP contribution >= 0.6 is 0 Å². The molecule has 4 heterocycles. The molecule has 202 valence electrons. The van der Waals surface area contributed by atoms with Gasteiger partial charge in [-0.1, -0.05) is 31.1 Å². The molecule has 3 amide bonds. The number of benzene rings is 1. The van der Waals surface area contributed by atoms with Crippen LogP contribution in [0.4, 0.5) is 4.79 Å². The summed E-state index contributed by atoms with van der Waals surface area (Å²) in [5.74, 6) is 0.648. The maximum atomic E-state index is 14.1. The molecule has 2 N–H and O–H groups in total. The number of aromatic amines is 1. The Balaban J connectivity index is 1.40. The molecule has 8 heteroatoms. The Morgan fingerprint density at radius 3 is 2.66 bits per heavy atom. The average molecular weight is 519 g/mol. The molecule has 2 aromatic rings. The molecule has 3 atom stereocenters. The number of carbonyl (C=O) groups excluding carboxylic acids is 2. The minimum Gasteiger partial charge on any atom is -0.494 e. The molecule has 6 rings (SSSR count). The van der Waals surface area contributed by atoms with Gasteiger partial charge in [0, 0.05) is 36.1 Å². The molecule has 4 aliphatic rings. The van der Waals surface area contributed by atoms with Crippen molar-refractivity contribution in [1.82, 2.24) is 19.7 Å². The number of aliphatic hydroxyl groups is 1. The van der Waals surface area contributed by atoms with E-state index in [4.69, 9.17) is 4.74 Å². The fraction of sp³-hybridized carbons (Fsp3) is 0.533. The average Bonchev–Trinajstić information content (AvgIpc) is 3.17. The second-order valence-electron chi connectivity index (χ2n) is 11.2. The second kappa shape index (κ2) is 9.89. The smallest absolute Gasteiger partial charge is 0.328 e. The van der Waals surface area contributed by atoms with E-state index in [1.807, 2.05) is 50.3 Å². The van der Waals surface area contributed by atoms with Crippen LogP contribution in [0.5, 0.6) is 5.75 Å². The number of urea groups is 1. The van der Waals surface area contributed by atoms with E-state index in [9.17, 15) is 14.7 Å². The Bertz CT molecular complexity index is 1300. The molecular weight excluding hydrogens is 480 g/mol. The van der Waals surface area contributed by atoms with Gasteiger partial charge in [0.2, 0.25) is 0 Å². The zero-order valence-corrected chi connectivity index (χ0v) is 22.4. The number of amides is 3. The molecule has 0 saturated carbocycles. The second-order valence-corrected chi connectivity index (χ2v) is 11.2. The fourth-order valence-corrected chi connectivity index (χ4v) is 6.76. The summed E-state index contributed by atoms with van der Waals surface area (Å²) in [5.41, 5.74) is 2.72. The number of likely N-dealkylation sites (tertiary alicyclic amines) is 1. The van der Waals surface area contributed by atoms with Gasteiger partial charge in [0.15, 0.2) is 0 Å². The third-order valence-corrected chi connectivity index (χ3v) is 8.68. The number of ether oxygens (including phenoxy) is 1. The van der Waals surface area contributed by atoms with E-state index in [0.717, 1.165) is 46.6 Å².